The van der Waals surface area contributed by atoms with Crippen molar-refractivity contribution in [3.05, 3.63) is 45.7 Å². The van der Waals surface area contributed by atoms with Gasteiger partial charge in [-0.05, 0) is 62.4 Å². The fraction of sp³-hybridized carbons (Fsp3) is 0.480. The van der Waals surface area contributed by atoms with Gasteiger partial charge in [0.15, 0.2) is 11.4 Å². The second-order valence-electron chi connectivity index (χ2n) is 10.2. The third kappa shape index (κ3) is 3.18. The lowest BCUT2D eigenvalue weighted by atomic mass is 9.57. The summed E-state index contributed by atoms with van der Waals surface area (Å²) >= 11 is 0. The van der Waals surface area contributed by atoms with Gasteiger partial charge in [0.25, 0.3) is 5.91 Å². The highest BCUT2D eigenvalue weighted by Gasteiger charge is 2.64. The first-order chi connectivity index (χ1) is 15.8. The van der Waals surface area contributed by atoms with Gasteiger partial charge in [0.2, 0.25) is 5.78 Å². The van der Waals surface area contributed by atoms with Crippen molar-refractivity contribution in [1.82, 2.24) is 4.90 Å². The van der Waals surface area contributed by atoms with Crippen LogP contribution in [0.2, 0.25) is 0 Å². The summed E-state index contributed by atoms with van der Waals surface area (Å²) in [6.07, 6.45) is 1.09. The number of fused-ring (bicyclic) bond motifs is 3. The van der Waals surface area contributed by atoms with E-state index < -0.39 is 58.0 Å². The molecule has 0 unspecified atom stereocenters. The molecule has 9 nitrogen and oxygen atoms in total. The molecule has 34 heavy (non-hydrogen) atoms. The lowest BCUT2D eigenvalue weighted by Crippen LogP contribution is -2.65. The summed E-state index contributed by atoms with van der Waals surface area (Å²) in [6.45, 7) is 4.10. The van der Waals surface area contributed by atoms with E-state index in [0.717, 1.165) is 11.1 Å². The van der Waals surface area contributed by atoms with Gasteiger partial charge in [-0.15, -0.1) is 0 Å². The van der Waals surface area contributed by atoms with Crippen molar-refractivity contribution >= 4 is 23.2 Å². The fourth-order valence-corrected chi connectivity index (χ4v) is 5.94. The molecule has 3 aliphatic carbocycles. The first-order valence-electron chi connectivity index (χ1n) is 11.3. The number of aromatic hydroxyl groups is 1. The van der Waals surface area contributed by atoms with Gasteiger partial charge in [0.05, 0.1) is 11.6 Å². The molecular weight excluding hydrogens is 440 g/mol. The monoisotopic (exact) mass is 470 g/mol. The van der Waals surface area contributed by atoms with Gasteiger partial charge in [-0.1, -0.05) is 19.9 Å². The second-order valence-corrected chi connectivity index (χ2v) is 10.2. The Balaban J connectivity index is 1.96. The number of benzene rings is 1. The van der Waals surface area contributed by atoms with Crippen LogP contribution in [0.4, 0.5) is 0 Å². The van der Waals surface area contributed by atoms with Crippen LogP contribution >= 0.6 is 0 Å². The van der Waals surface area contributed by atoms with Gasteiger partial charge >= 0.3 is 0 Å². The van der Waals surface area contributed by atoms with Crippen molar-refractivity contribution in [3.8, 4) is 5.75 Å². The van der Waals surface area contributed by atoms with E-state index >= 15 is 0 Å². The van der Waals surface area contributed by atoms with E-state index in [9.17, 15) is 34.8 Å². The van der Waals surface area contributed by atoms with Gasteiger partial charge in [-0.3, -0.25) is 19.3 Å². The molecule has 1 aromatic rings. The molecule has 9 heteroatoms. The van der Waals surface area contributed by atoms with Crippen molar-refractivity contribution < 1.29 is 34.8 Å². The molecule has 0 aliphatic heterocycles. The number of Topliss-reactive ketones (excluding diaryl/α,β-unsaturated/α-hetero) is 2. The molecule has 0 saturated heterocycles. The maximum atomic E-state index is 13.7. The van der Waals surface area contributed by atoms with Crippen LogP contribution in [0, 0.1) is 17.8 Å². The summed E-state index contributed by atoms with van der Waals surface area (Å²) in [5, 5.41) is 44.1. The molecule has 3 aliphatic rings. The minimum atomic E-state index is -2.62. The maximum absolute atomic E-state index is 13.7. The SMILES string of the molecule is CC(C)Cc1ccc(O)c2c1C[C@@H]1C[C@@H]3[C@@H](N(C)C)C(=O)C(C(N)=O)=C(O)[C@@]3(O)C(=O)C1=C2O. The summed E-state index contributed by atoms with van der Waals surface area (Å²) in [7, 11) is 3.15. The number of ketones is 2. The quantitative estimate of drug-likeness (QED) is 0.410. The predicted octanol–water partition coefficient (Wildman–Crippen LogP) is 1.16. The molecule has 0 heterocycles. The van der Waals surface area contributed by atoms with E-state index in [-0.39, 0.29) is 23.3 Å². The van der Waals surface area contributed by atoms with E-state index in [1.165, 1.54) is 11.0 Å². The van der Waals surface area contributed by atoms with Gasteiger partial charge in [-0.2, -0.15) is 0 Å². The first kappa shape index (κ1) is 24.0. The number of aliphatic hydroxyl groups is 3. The predicted molar refractivity (Wildman–Crippen MR) is 123 cm³/mol. The fourth-order valence-electron chi connectivity index (χ4n) is 5.94. The van der Waals surface area contributed by atoms with E-state index in [4.69, 9.17) is 5.73 Å². The molecule has 1 amide bonds. The number of likely N-dealkylation sites (N-methyl/N-ethyl adjacent to an activating group) is 1. The number of aliphatic hydroxyl groups excluding tert-OH is 2. The molecule has 1 fully saturated rings. The number of carbonyl (C=O) groups is 3. The number of hydrogen-bond donors (Lipinski definition) is 5. The lowest BCUT2D eigenvalue weighted by Gasteiger charge is -2.50. The number of carbonyl (C=O) groups excluding carboxylic acids is 3. The van der Waals surface area contributed by atoms with E-state index in [1.807, 2.05) is 13.8 Å². The van der Waals surface area contributed by atoms with Crippen molar-refractivity contribution in [2.45, 2.75) is 44.8 Å². The molecular formula is C25H30N2O7. The summed E-state index contributed by atoms with van der Waals surface area (Å²) < 4.78 is 0. The molecule has 0 spiro atoms. The van der Waals surface area contributed by atoms with Crippen LogP contribution in [0.15, 0.2) is 29.0 Å². The van der Waals surface area contributed by atoms with Gasteiger partial charge in [-0.25, -0.2) is 0 Å². The van der Waals surface area contributed by atoms with Crippen LogP contribution in [0.1, 0.15) is 37.0 Å². The second kappa shape index (κ2) is 7.95. The highest BCUT2D eigenvalue weighted by Crippen LogP contribution is 2.53. The highest BCUT2D eigenvalue weighted by molar-refractivity contribution is 6.24. The number of hydrogen-bond acceptors (Lipinski definition) is 8. The normalized spacial score (nSPS) is 28.9. The Morgan fingerprint density at radius 3 is 2.41 bits per heavy atom. The van der Waals surface area contributed by atoms with Crippen LogP contribution in [0.25, 0.3) is 5.76 Å². The zero-order valence-corrected chi connectivity index (χ0v) is 19.6. The maximum Gasteiger partial charge on any atom is 0.255 e. The highest BCUT2D eigenvalue weighted by atomic mass is 16.3. The van der Waals surface area contributed by atoms with Crippen LogP contribution < -0.4 is 5.73 Å². The third-order valence-electron chi connectivity index (χ3n) is 7.33. The molecule has 1 aromatic carbocycles. The van der Waals surface area contributed by atoms with Crippen molar-refractivity contribution in [3.63, 3.8) is 0 Å². The number of phenols is 1. The number of nitrogens with two attached hydrogens (primary N) is 1. The van der Waals surface area contributed by atoms with E-state index in [0.29, 0.717) is 18.8 Å². The Bertz CT molecular complexity index is 1180. The average Bonchev–Trinajstić information content (AvgIpc) is 2.72. The zero-order valence-electron chi connectivity index (χ0n) is 19.6. The van der Waals surface area contributed by atoms with Crippen molar-refractivity contribution in [2.24, 2.45) is 23.5 Å². The van der Waals surface area contributed by atoms with Crippen LogP contribution in [0.3, 0.4) is 0 Å². The van der Waals surface area contributed by atoms with Gasteiger partial charge in [0, 0.05) is 11.5 Å². The van der Waals surface area contributed by atoms with Gasteiger partial charge in [0.1, 0.15) is 22.8 Å². The average molecular weight is 471 g/mol. The zero-order chi connectivity index (χ0) is 25.3. The molecule has 0 aromatic heterocycles. The Hall–Kier alpha value is -3.17. The topological polar surface area (TPSA) is 161 Å². The van der Waals surface area contributed by atoms with Crippen LogP contribution in [-0.4, -0.2) is 68.5 Å². The Morgan fingerprint density at radius 2 is 1.85 bits per heavy atom. The van der Waals surface area contributed by atoms with E-state index in [2.05, 4.69) is 0 Å². The Labute approximate surface area is 197 Å². The summed E-state index contributed by atoms with van der Waals surface area (Å²) in [4.78, 5) is 40.3. The number of phenolic OH excluding ortho intramolecular Hbond substituents is 1. The number of nitrogens with zero attached hydrogens (tertiary/aromatic N) is 1. The van der Waals surface area contributed by atoms with Crippen molar-refractivity contribution in [2.75, 3.05) is 14.1 Å². The number of rotatable bonds is 4. The number of amides is 1. The van der Waals surface area contributed by atoms with Crippen molar-refractivity contribution in [1.29, 1.82) is 0 Å². The summed E-state index contributed by atoms with van der Waals surface area (Å²) in [6, 6.07) is 2.17. The molecule has 182 valence electrons. The van der Waals surface area contributed by atoms with Gasteiger partial charge < -0.3 is 26.2 Å². The number of primary amides is 1. The molecule has 0 radical (unpaired) electrons. The minimum Gasteiger partial charge on any atom is -0.508 e. The first-order valence-corrected chi connectivity index (χ1v) is 11.3. The smallest absolute Gasteiger partial charge is 0.255 e. The van der Waals surface area contributed by atoms with E-state index in [1.54, 1.807) is 20.2 Å². The van der Waals surface area contributed by atoms with Crippen LogP contribution in [0.5, 0.6) is 5.75 Å². The minimum absolute atomic E-state index is 0.0858. The lowest BCUT2D eigenvalue weighted by molar-refractivity contribution is -0.153. The molecule has 0 bridgehead atoms. The third-order valence-corrected chi connectivity index (χ3v) is 7.33. The summed E-state index contributed by atoms with van der Waals surface area (Å²) in [5.41, 5.74) is 3.55. The molecule has 4 atom stereocenters. The van der Waals surface area contributed by atoms with Crippen LogP contribution in [-0.2, 0) is 27.2 Å². The summed E-state index contributed by atoms with van der Waals surface area (Å²) in [5.74, 6) is -6.07. The molecule has 1 saturated carbocycles. The Morgan fingerprint density at radius 1 is 1.21 bits per heavy atom. The molecule has 4 rings (SSSR count). The largest absolute Gasteiger partial charge is 0.508 e. The standard InChI is InChI=1S/C25H30N2O7/c1-10(2)7-11-5-6-15(28)17-13(11)8-12-9-14-19(27(3)4)21(30)18(24(26)33)23(32)25(14,34)22(31)16(12)20(17)29/h5-6,10,12,14,19,28-29,32,34H,7-9H2,1-4H3,(H2,26,33)/t12-,14-,19-,25+/m1/s1. The Kier molecular flexibility index (Phi) is 5.61. The molecule has 6 N–H and O–H groups in total.